The molecule has 2 aromatic rings. The van der Waals surface area contributed by atoms with Gasteiger partial charge in [0.1, 0.15) is 11.6 Å². The molecule has 0 radical (unpaired) electrons. The molecule has 3 rings (SSSR count). The molecule has 10 heteroatoms. The molecule has 0 spiro atoms. The van der Waals surface area contributed by atoms with Crippen molar-refractivity contribution in [3.05, 3.63) is 36.0 Å². The fourth-order valence-corrected chi connectivity index (χ4v) is 2.46. The van der Waals surface area contributed by atoms with Gasteiger partial charge >= 0.3 is 12.4 Å². The van der Waals surface area contributed by atoms with Gasteiger partial charge in [0, 0.05) is 24.2 Å². The number of anilines is 3. The number of aromatic nitrogens is 2. The Morgan fingerprint density at radius 2 is 1.89 bits per heavy atom. The van der Waals surface area contributed by atoms with Gasteiger partial charge in [0.15, 0.2) is 0 Å². The maximum absolute atomic E-state index is 12.2. The van der Waals surface area contributed by atoms with Gasteiger partial charge in [0.25, 0.3) is 0 Å². The average molecular weight is 395 g/mol. The van der Waals surface area contributed by atoms with Crippen LogP contribution in [0.25, 0.3) is 0 Å². The minimum absolute atomic E-state index is 0.164. The molecule has 2 amide bonds. The maximum atomic E-state index is 12.2. The van der Waals surface area contributed by atoms with Crippen molar-refractivity contribution in [1.82, 2.24) is 9.97 Å². The van der Waals surface area contributed by atoms with Crippen LogP contribution in [0.15, 0.2) is 30.3 Å². The molecule has 0 unspecified atom stereocenters. The number of nitrogens with zero attached hydrogens (tertiary/aromatic N) is 2. The Bertz CT molecular complexity index is 823. The molecule has 1 aromatic carbocycles. The number of rotatable bonds is 7. The summed E-state index contributed by atoms with van der Waals surface area (Å²) in [5, 5.41) is 8.26. The van der Waals surface area contributed by atoms with Crippen LogP contribution in [0.4, 0.5) is 35.4 Å². The summed E-state index contributed by atoms with van der Waals surface area (Å²) in [6.07, 6.45) is -1.72. The van der Waals surface area contributed by atoms with E-state index in [1.54, 1.807) is 0 Å². The van der Waals surface area contributed by atoms with Crippen LogP contribution in [0.2, 0.25) is 0 Å². The van der Waals surface area contributed by atoms with Crippen molar-refractivity contribution < 1.29 is 22.7 Å². The third-order valence-electron chi connectivity index (χ3n) is 3.87. The van der Waals surface area contributed by atoms with Gasteiger partial charge in [-0.15, -0.1) is 13.2 Å². The van der Waals surface area contributed by atoms with Crippen molar-refractivity contribution >= 4 is 23.5 Å². The molecule has 1 aromatic heterocycles. The van der Waals surface area contributed by atoms with Crippen LogP contribution in [0.3, 0.4) is 0 Å². The van der Waals surface area contributed by atoms with E-state index in [0.29, 0.717) is 17.4 Å². The third-order valence-corrected chi connectivity index (χ3v) is 3.87. The molecule has 150 valence electrons. The molecule has 1 aliphatic rings. The molecule has 0 bridgehead atoms. The van der Waals surface area contributed by atoms with Crippen molar-refractivity contribution in [3.63, 3.8) is 0 Å². The zero-order valence-corrected chi connectivity index (χ0v) is 15.1. The minimum Gasteiger partial charge on any atom is -0.406 e. The number of nitrogens with one attached hydrogen (secondary N) is 3. The topological polar surface area (TPSA) is 88.2 Å². The number of hydrogen-bond donors (Lipinski definition) is 3. The van der Waals surface area contributed by atoms with E-state index < -0.39 is 12.4 Å². The second kappa shape index (κ2) is 8.32. The molecule has 1 saturated carbocycles. The standard InChI is InChI=1S/C18H20F3N5O2/c1-2-9-22-15-10-14(11-3-4-11)24-16(25-15)26-17(27)23-12-5-7-13(8-6-12)28-18(19,20)21/h5-8,10-11H,2-4,9H2,1H3,(H3,22,23,24,25,26,27). The number of halogens is 3. The van der Waals surface area contributed by atoms with Crippen molar-refractivity contribution in [3.8, 4) is 5.75 Å². The van der Waals surface area contributed by atoms with E-state index in [-0.39, 0.29) is 11.7 Å². The largest absolute Gasteiger partial charge is 0.573 e. The number of benzene rings is 1. The lowest BCUT2D eigenvalue weighted by atomic mass is 10.3. The summed E-state index contributed by atoms with van der Waals surface area (Å²) < 4.78 is 40.3. The predicted octanol–water partition coefficient (Wildman–Crippen LogP) is 4.72. The zero-order chi connectivity index (χ0) is 20.1. The summed E-state index contributed by atoms with van der Waals surface area (Å²) in [6.45, 7) is 2.78. The SMILES string of the molecule is CCCNc1cc(C2CC2)nc(NC(=O)Nc2ccc(OC(F)(F)F)cc2)n1. The molecule has 1 heterocycles. The summed E-state index contributed by atoms with van der Waals surface area (Å²) in [6, 6.07) is 6.11. The predicted molar refractivity (Wildman–Crippen MR) is 98.6 cm³/mol. The minimum atomic E-state index is -4.76. The van der Waals surface area contributed by atoms with Crippen molar-refractivity contribution in [2.75, 3.05) is 22.5 Å². The second-order valence-corrected chi connectivity index (χ2v) is 6.35. The molecule has 1 fully saturated rings. The Balaban J connectivity index is 1.63. The monoisotopic (exact) mass is 395 g/mol. The fourth-order valence-electron chi connectivity index (χ4n) is 2.46. The first-order valence-corrected chi connectivity index (χ1v) is 8.89. The number of hydrogen-bond acceptors (Lipinski definition) is 5. The quantitative estimate of drug-likeness (QED) is 0.631. The van der Waals surface area contributed by atoms with Crippen molar-refractivity contribution in [2.24, 2.45) is 0 Å². The Kier molecular flexibility index (Phi) is 5.86. The fraction of sp³-hybridized carbons (Fsp3) is 0.389. The lowest BCUT2D eigenvalue weighted by Crippen LogP contribution is -2.21. The Hall–Kier alpha value is -3.04. The summed E-state index contributed by atoms with van der Waals surface area (Å²) in [5.74, 6) is 0.820. The lowest BCUT2D eigenvalue weighted by Gasteiger charge is -2.11. The van der Waals surface area contributed by atoms with E-state index in [1.165, 1.54) is 12.1 Å². The third kappa shape index (κ3) is 6.00. The summed E-state index contributed by atoms with van der Waals surface area (Å²) in [7, 11) is 0. The van der Waals surface area contributed by atoms with Gasteiger partial charge in [0.2, 0.25) is 5.95 Å². The molecule has 28 heavy (non-hydrogen) atoms. The highest BCUT2D eigenvalue weighted by atomic mass is 19.4. The van der Waals surface area contributed by atoms with E-state index in [0.717, 1.165) is 43.6 Å². The summed E-state index contributed by atoms with van der Waals surface area (Å²) in [5.41, 5.74) is 1.17. The Morgan fingerprint density at radius 3 is 2.50 bits per heavy atom. The van der Waals surface area contributed by atoms with E-state index in [9.17, 15) is 18.0 Å². The molecule has 3 N–H and O–H groups in total. The number of ether oxygens (including phenoxy) is 1. The Labute approximate surface area is 159 Å². The highest BCUT2D eigenvalue weighted by Crippen LogP contribution is 2.39. The van der Waals surface area contributed by atoms with Gasteiger partial charge in [-0.05, 0) is 43.5 Å². The summed E-state index contributed by atoms with van der Waals surface area (Å²) >= 11 is 0. The Morgan fingerprint density at radius 1 is 1.18 bits per heavy atom. The maximum Gasteiger partial charge on any atom is 0.573 e. The number of urea groups is 1. The van der Waals surface area contributed by atoms with Crippen LogP contribution >= 0.6 is 0 Å². The van der Waals surface area contributed by atoms with E-state index in [4.69, 9.17) is 0 Å². The van der Waals surface area contributed by atoms with Crippen molar-refractivity contribution in [2.45, 2.75) is 38.5 Å². The second-order valence-electron chi connectivity index (χ2n) is 6.35. The van der Waals surface area contributed by atoms with Gasteiger partial charge in [-0.2, -0.15) is 4.98 Å². The first kappa shape index (κ1) is 19.7. The number of carbonyl (C=O) groups is 1. The molecule has 7 nitrogen and oxygen atoms in total. The molecular weight excluding hydrogens is 375 g/mol. The number of alkyl halides is 3. The van der Waals surface area contributed by atoms with Gasteiger partial charge in [-0.3, -0.25) is 5.32 Å². The van der Waals surface area contributed by atoms with E-state index >= 15 is 0 Å². The highest BCUT2D eigenvalue weighted by molar-refractivity contribution is 5.98. The number of carbonyl (C=O) groups excluding carboxylic acids is 1. The highest BCUT2D eigenvalue weighted by Gasteiger charge is 2.31. The number of amides is 2. The first-order chi connectivity index (χ1) is 13.3. The molecule has 0 aliphatic heterocycles. The van der Waals surface area contributed by atoms with Crippen LogP contribution in [-0.2, 0) is 0 Å². The first-order valence-electron chi connectivity index (χ1n) is 8.89. The van der Waals surface area contributed by atoms with Crippen LogP contribution in [0.5, 0.6) is 5.75 Å². The summed E-state index contributed by atoms with van der Waals surface area (Å²) in [4.78, 5) is 20.8. The van der Waals surface area contributed by atoms with Gasteiger partial charge in [0.05, 0.1) is 5.69 Å². The molecule has 1 aliphatic carbocycles. The smallest absolute Gasteiger partial charge is 0.406 e. The van der Waals surface area contributed by atoms with Crippen molar-refractivity contribution in [1.29, 1.82) is 0 Å². The lowest BCUT2D eigenvalue weighted by molar-refractivity contribution is -0.274. The molecule has 0 atom stereocenters. The zero-order valence-electron chi connectivity index (χ0n) is 15.1. The van der Waals surface area contributed by atoms with Crippen LogP contribution < -0.4 is 20.7 Å². The van der Waals surface area contributed by atoms with Gasteiger partial charge < -0.3 is 15.4 Å². The van der Waals surface area contributed by atoms with Crippen LogP contribution in [-0.4, -0.2) is 28.9 Å². The van der Waals surface area contributed by atoms with E-state index in [2.05, 4.69) is 30.7 Å². The van der Waals surface area contributed by atoms with E-state index in [1.807, 2.05) is 13.0 Å². The van der Waals surface area contributed by atoms with Crippen LogP contribution in [0.1, 0.15) is 37.8 Å². The van der Waals surface area contributed by atoms with Crippen LogP contribution in [0, 0.1) is 0 Å². The normalized spacial score (nSPS) is 13.7. The molecular formula is C18H20F3N5O2. The van der Waals surface area contributed by atoms with Gasteiger partial charge in [-0.25, -0.2) is 9.78 Å². The molecule has 0 saturated heterocycles. The average Bonchev–Trinajstić information content (AvgIpc) is 3.45. The van der Waals surface area contributed by atoms with Gasteiger partial charge in [-0.1, -0.05) is 6.92 Å².